The second-order valence-corrected chi connectivity index (χ2v) is 13.4. The zero-order valence-corrected chi connectivity index (χ0v) is 15.4. The number of carbonyl (C=O) groups is 1. The molecule has 124 valence electrons. The highest BCUT2D eigenvalue weighted by molar-refractivity contribution is 6.76. The van der Waals surface area contributed by atoms with Gasteiger partial charge in [0.2, 0.25) is 0 Å². The normalized spacial score (nSPS) is 18.3. The van der Waals surface area contributed by atoms with Gasteiger partial charge in [-0.15, -0.1) is 0 Å². The van der Waals surface area contributed by atoms with Crippen LogP contribution in [0, 0.1) is 5.92 Å². The summed E-state index contributed by atoms with van der Waals surface area (Å²) in [6.45, 7) is 7.99. The first-order chi connectivity index (χ1) is 9.78. The van der Waals surface area contributed by atoms with Crippen molar-refractivity contribution in [3.8, 4) is 0 Å². The number of carbonyl (C=O) groups excluding carboxylic acids is 1. The monoisotopic (exact) mass is 314 g/mol. The molecule has 0 radical (unpaired) electrons. The summed E-state index contributed by atoms with van der Waals surface area (Å²) in [6, 6.07) is 1.09. The van der Waals surface area contributed by atoms with Gasteiger partial charge in [-0.25, -0.2) is 4.79 Å². The van der Waals surface area contributed by atoms with Gasteiger partial charge >= 0.3 is 6.09 Å². The Bertz CT molecular complexity index is 312. The van der Waals surface area contributed by atoms with Gasteiger partial charge < -0.3 is 15.4 Å². The lowest BCUT2D eigenvalue weighted by atomic mass is 9.85. The second kappa shape index (κ2) is 8.78. The van der Waals surface area contributed by atoms with Crippen LogP contribution in [0.3, 0.4) is 0 Å². The minimum absolute atomic E-state index is 0.0719. The molecule has 5 heteroatoms. The maximum Gasteiger partial charge on any atom is 0.409 e. The molecular formula is C16H34N2O2Si. The summed E-state index contributed by atoms with van der Waals surface area (Å²) in [7, 11) is 0.649. The van der Waals surface area contributed by atoms with Crippen LogP contribution in [0.5, 0.6) is 0 Å². The van der Waals surface area contributed by atoms with Crippen molar-refractivity contribution in [2.45, 2.75) is 70.3 Å². The number of rotatable bonds is 7. The lowest BCUT2D eigenvalue weighted by Gasteiger charge is -2.27. The van der Waals surface area contributed by atoms with Crippen LogP contribution in [0.4, 0.5) is 4.79 Å². The van der Waals surface area contributed by atoms with Gasteiger partial charge in [0.05, 0.1) is 6.61 Å². The number of nitrogens with two attached hydrogens (primary N) is 1. The molecule has 0 aromatic rings. The van der Waals surface area contributed by atoms with Gasteiger partial charge in [0.15, 0.2) is 0 Å². The average molecular weight is 315 g/mol. The Morgan fingerprint density at radius 3 is 2.48 bits per heavy atom. The number of ether oxygens (including phenoxy) is 1. The minimum Gasteiger partial charge on any atom is -0.450 e. The highest BCUT2D eigenvalue weighted by Gasteiger charge is 2.20. The molecule has 1 rings (SSSR count). The van der Waals surface area contributed by atoms with Gasteiger partial charge in [-0.1, -0.05) is 51.7 Å². The highest BCUT2D eigenvalue weighted by atomic mass is 28.3. The summed E-state index contributed by atoms with van der Waals surface area (Å²) in [4.78, 5) is 13.6. The maximum absolute atomic E-state index is 11.9. The third-order valence-corrected chi connectivity index (χ3v) is 5.96. The van der Waals surface area contributed by atoms with Gasteiger partial charge in [-0.3, -0.25) is 0 Å². The van der Waals surface area contributed by atoms with E-state index >= 15 is 0 Å². The Hall–Kier alpha value is -0.553. The molecule has 1 aliphatic carbocycles. The van der Waals surface area contributed by atoms with Crippen LogP contribution in [0.25, 0.3) is 0 Å². The largest absolute Gasteiger partial charge is 0.450 e. The van der Waals surface area contributed by atoms with E-state index in [4.69, 9.17) is 10.5 Å². The summed E-state index contributed by atoms with van der Waals surface area (Å²) in [6.07, 6.45) is 7.46. The third kappa shape index (κ3) is 8.46. The summed E-state index contributed by atoms with van der Waals surface area (Å²) < 4.78 is 5.34. The Morgan fingerprint density at radius 2 is 1.90 bits per heavy atom. The molecule has 4 nitrogen and oxygen atoms in total. The van der Waals surface area contributed by atoms with Crippen molar-refractivity contribution in [3.63, 3.8) is 0 Å². The molecule has 0 aromatic heterocycles. The van der Waals surface area contributed by atoms with E-state index < -0.39 is 8.07 Å². The summed E-state index contributed by atoms with van der Waals surface area (Å²) in [5, 5.41) is 0. The van der Waals surface area contributed by atoms with Gasteiger partial charge in [0, 0.05) is 27.7 Å². The lowest BCUT2D eigenvalue weighted by molar-refractivity contribution is 0.112. The Labute approximate surface area is 131 Å². The predicted molar refractivity (Wildman–Crippen MR) is 91.3 cm³/mol. The number of amides is 1. The van der Waals surface area contributed by atoms with Crippen molar-refractivity contribution in [1.82, 2.24) is 4.90 Å². The van der Waals surface area contributed by atoms with Crippen LogP contribution >= 0.6 is 0 Å². The molecule has 1 aliphatic rings. The van der Waals surface area contributed by atoms with E-state index in [-0.39, 0.29) is 12.1 Å². The van der Waals surface area contributed by atoms with Gasteiger partial charge in [-0.2, -0.15) is 0 Å². The number of likely N-dealkylation sites (N-methyl/N-ethyl adjacent to an activating group) is 1. The highest BCUT2D eigenvalue weighted by Crippen LogP contribution is 2.27. The van der Waals surface area contributed by atoms with Gasteiger partial charge in [0.1, 0.15) is 0 Å². The number of hydrogen-bond donors (Lipinski definition) is 1. The van der Waals surface area contributed by atoms with Crippen molar-refractivity contribution in [1.29, 1.82) is 0 Å². The third-order valence-electron chi connectivity index (χ3n) is 4.26. The van der Waals surface area contributed by atoms with Crippen LogP contribution in [0.15, 0.2) is 0 Å². The summed E-state index contributed by atoms with van der Waals surface area (Å²) >= 11 is 0. The van der Waals surface area contributed by atoms with Crippen LogP contribution < -0.4 is 5.73 Å². The van der Waals surface area contributed by atoms with E-state index in [1.165, 1.54) is 32.1 Å². The molecule has 0 heterocycles. The zero-order valence-electron chi connectivity index (χ0n) is 14.4. The van der Waals surface area contributed by atoms with Crippen molar-refractivity contribution < 1.29 is 9.53 Å². The molecule has 1 amide bonds. The molecule has 1 fully saturated rings. The fourth-order valence-corrected chi connectivity index (χ4v) is 3.62. The molecule has 21 heavy (non-hydrogen) atoms. The standard InChI is InChI=1S/C16H34N2O2Si/c1-18(16(19)20-10-11-21(2,3)4)13-15(17)12-14-8-6-5-7-9-14/h14-15H,5-13,17H2,1-4H3. The maximum atomic E-state index is 11.9. The molecule has 0 spiro atoms. The van der Waals surface area contributed by atoms with Crippen molar-refractivity contribution in [3.05, 3.63) is 0 Å². The molecule has 1 atom stereocenters. The number of nitrogens with zero attached hydrogens (tertiary/aromatic N) is 1. The Morgan fingerprint density at radius 1 is 1.29 bits per heavy atom. The van der Waals surface area contributed by atoms with Crippen LogP contribution in [-0.4, -0.2) is 45.3 Å². The topological polar surface area (TPSA) is 55.6 Å². The molecule has 0 aliphatic heterocycles. The smallest absolute Gasteiger partial charge is 0.409 e. The molecule has 1 unspecified atom stereocenters. The molecule has 2 N–H and O–H groups in total. The summed E-state index contributed by atoms with van der Waals surface area (Å²) in [5.41, 5.74) is 6.20. The van der Waals surface area contributed by atoms with Crippen molar-refractivity contribution in [2.24, 2.45) is 11.7 Å². The lowest BCUT2D eigenvalue weighted by Crippen LogP contribution is -2.40. The second-order valence-electron chi connectivity index (χ2n) is 7.81. The fourth-order valence-electron chi connectivity index (χ4n) is 2.91. The quantitative estimate of drug-likeness (QED) is 0.729. The first-order valence-electron chi connectivity index (χ1n) is 8.41. The van der Waals surface area contributed by atoms with E-state index in [1.54, 1.807) is 11.9 Å². The number of hydrogen-bond acceptors (Lipinski definition) is 3. The van der Waals surface area contributed by atoms with Crippen LogP contribution in [-0.2, 0) is 4.74 Å². The SMILES string of the molecule is CN(CC(N)CC1CCCCC1)C(=O)OCC[Si](C)(C)C. The fraction of sp³-hybridized carbons (Fsp3) is 0.938. The first kappa shape index (κ1) is 18.5. The Balaban J connectivity index is 2.21. The molecule has 1 saturated carbocycles. The summed E-state index contributed by atoms with van der Waals surface area (Å²) in [5.74, 6) is 0.755. The van der Waals surface area contributed by atoms with E-state index in [0.717, 1.165) is 18.4 Å². The van der Waals surface area contributed by atoms with Gasteiger partial charge in [0.25, 0.3) is 0 Å². The average Bonchev–Trinajstić information content (AvgIpc) is 2.38. The molecular weight excluding hydrogens is 280 g/mol. The van der Waals surface area contributed by atoms with Crippen molar-refractivity contribution in [2.75, 3.05) is 20.2 Å². The molecule has 0 aromatic carbocycles. The van der Waals surface area contributed by atoms with E-state index in [9.17, 15) is 4.79 Å². The molecule has 0 saturated heterocycles. The zero-order chi connectivity index (χ0) is 15.9. The predicted octanol–water partition coefficient (Wildman–Crippen LogP) is 3.69. The van der Waals surface area contributed by atoms with E-state index in [0.29, 0.717) is 13.2 Å². The first-order valence-corrected chi connectivity index (χ1v) is 12.1. The van der Waals surface area contributed by atoms with Crippen LogP contribution in [0.2, 0.25) is 25.7 Å². The molecule has 0 bridgehead atoms. The van der Waals surface area contributed by atoms with Crippen molar-refractivity contribution >= 4 is 14.2 Å². The van der Waals surface area contributed by atoms with E-state index in [1.807, 2.05) is 0 Å². The van der Waals surface area contributed by atoms with E-state index in [2.05, 4.69) is 19.6 Å². The van der Waals surface area contributed by atoms with Gasteiger partial charge in [-0.05, 0) is 18.4 Å². The van der Waals surface area contributed by atoms with Crippen LogP contribution in [0.1, 0.15) is 38.5 Å². The Kier molecular flexibility index (Phi) is 7.74. The minimum atomic E-state index is -1.14.